The highest BCUT2D eigenvalue weighted by atomic mass is 16.5. The Morgan fingerprint density at radius 3 is 2.04 bits per heavy atom. The largest absolute Gasteiger partial charge is 0.462 e. The second-order valence-electron chi connectivity index (χ2n) is 6.40. The lowest BCUT2D eigenvalue weighted by Gasteiger charge is -2.12. The molecular weight excluding hydrogens is 320 g/mol. The summed E-state index contributed by atoms with van der Waals surface area (Å²) in [7, 11) is 0. The molecule has 0 saturated carbocycles. The van der Waals surface area contributed by atoms with Gasteiger partial charge in [-0.25, -0.2) is 4.79 Å². The molecule has 0 spiro atoms. The number of esters is 1. The molecule has 0 aliphatic carbocycles. The van der Waals surface area contributed by atoms with Crippen LogP contribution in [-0.4, -0.2) is 12.6 Å². The number of hydrogen-bond acceptors (Lipinski definition) is 2. The van der Waals surface area contributed by atoms with Gasteiger partial charge in [0.2, 0.25) is 0 Å². The number of rotatable bonds is 5. The smallest absolute Gasteiger partial charge is 0.338 e. The van der Waals surface area contributed by atoms with Crippen molar-refractivity contribution >= 4 is 5.97 Å². The Hall–Kier alpha value is -2.87. The minimum absolute atomic E-state index is 0.280. The van der Waals surface area contributed by atoms with Crippen molar-refractivity contribution in [3.63, 3.8) is 0 Å². The van der Waals surface area contributed by atoms with Crippen molar-refractivity contribution in [2.45, 2.75) is 27.2 Å². The number of ether oxygens (including phenoxy) is 1. The second-order valence-corrected chi connectivity index (χ2v) is 6.40. The van der Waals surface area contributed by atoms with Gasteiger partial charge < -0.3 is 4.74 Å². The van der Waals surface area contributed by atoms with Gasteiger partial charge in [-0.1, -0.05) is 67.1 Å². The standard InChI is InChI=1S/C24H24O2/c1-4-18-8-12-20(13-9-18)23-16-21(19-10-6-17(3)7-11-19)14-15-22(23)24(25)26-5-2/h6-16H,4-5H2,1-3H3. The summed E-state index contributed by atoms with van der Waals surface area (Å²) < 4.78 is 5.26. The molecule has 0 atom stereocenters. The lowest BCUT2D eigenvalue weighted by atomic mass is 9.93. The molecule has 0 amide bonds. The maximum Gasteiger partial charge on any atom is 0.338 e. The molecule has 0 fully saturated rings. The molecule has 0 bridgehead atoms. The number of benzene rings is 3. The summed E-state index contributed by atoms with van der Waals surface area (Å²) in [5, 5.41) is 0. The lowest BCUT2D eigenvalue weighted by Crippen LogP contribution is -2.06. The first-order valence-corrected chi connectivity index (χ1v) is 9.10. The normalized spacial score (nSPS) is 10.6. The molecule has 0 N–H and O–H groups in total. The predicted molar refractivity (Wildman–Crippen MR) is 107 cm³/mol. The molecule has 0 aromatic heterocycles. The van der Waals surface area contributed by atoms with Crippen LogP contribution < -0.4 is 0 Å². The Bertz CT molecular complexity index is 890. The van der Waals surface area contributed by atoms with E-state index in [0.29, 0.717) is 12.2 Å². The Labute approximate surface area is 155 Å². The van der Waals surface area contributed by atoms with Crippen molar-refractivity contribution in [1.82, 2.24) is 0 Å². The molecule has 0 saturated heterocycles. The van der Waals surface area contributed by atoms with E-state index >= 15 is 0 Å². The van der Waals surface area contributed by atoms with Crippen molar-refractivity contribution in [1.29, 1.82) is 0 Å². The first-order valence-electron chi connectivity index (χ1n) is 9.10. The highest BCUT2D eigenvalue weighted by molar-refractivity contribution is 5.98. The molecule has 0 radical (unpaired) electrons. The molecular formula is C24H24O2. The van der Waals surface area contributed by atoms with Gasteiger partial charge >= 0.3 is 5.97 Å². The van der Waals surface area contributed by atoms with E-state index in [1.165, 1.54) is 11.1 Å². The van der Waals surface area contributed by atoms with Gasteiger partial charge in [-0.2, -0.15) is 0 Å². The third-order valence-corrected chi connectivity index (χ3v) is 4.57. The van der Waals surface area contributed by atoms with Crippen LogP contribution in [0.3, 0.4) is 0 Å². The lowest BCUT2D eigenvalue weighted by molar-refractivity contribution is 0.0527. The van der Waals surface area contributed by atoms with Crippen molar-refractivity contribution in [2.75, 3.05) is 6.61 Å². The van der Waals surface area contributed by atoms with Crippen molar-refractivity contribution < 1.29 is 9.53 Å². The minimum atomic E-state index is -0.280. The Morgan fingerprint density at radius 1 is 0.808 bits per heavy atom. The molecule has 26 heavy (non-hydrogen) atoms. The average molecular weight is 344 g/mol. The molecule has 132 valence electrons. The van der Waals surface area contributed by atoms with Crippen LogP contribution in [0, 0.1) is 6.92 Å². The topological polar surface area (TPSA) is 26.3 Å². The summed E-state index contributed by atoms with van der Waals surface area (Å²) in [6.07, 6.45) is 0.994. The molecule has 3 rings (SSSR count). The van der Waals surface area contributed by atoms with Gasteiger partial charge in [-0.15, -0.1) is 0 Å². The zero-order valence-electron chi connectivity index (χ0n) is 15.6. The van der Waals surface area contributed by atoms with Crippen molar-refractivity contribution in [2.24, 2.45) is 0 Å². The number of aryl methyl sites for hydroxylation is 2. The highest BCUT2D eigenvalue weighted by Gasteiger charge is 2.15. The molecule has 2 nitrogen and oxygen atoms in total. The van der Waals surface area contributed by atoms with Crippen molar-refractivity contribution in [3.8, 4) is 22.3 Å². The molecule has 0 heterocycles. The maximum absolute atomic E-state index is 12.4. The monoisotopic (exact) mass is 344 g/mol. The minimum Gasteiger partial charge on any atom is -0.462 e. The van der Waals surface area contributed by atoms with E-state index in [1.54, 1.807) is 0 Å². The van der Waals surface area contributed by atoms with Gasteiger partial charge in [0.1, 0.15) is 0 Å². The van der Waals surface area contributed by atoms with E-state index in [0.717, 1.165) is 28.7 Å². The fourth-order valence-electron chi connectivity index (χ4n) is 3.02. The number of carbonyl (C=O) groups is 1. The molecule has 0 aliphatic rings. The fraction of sp³-hybridized carbons (Fsp3) is 0.208. The zero-order chi connectivity index (χ0) is 18.5. The van der Waals surface area contributed by atoms with Crippen LogP contribution in [-0.2, 0) is 11.2 Å². The van der Waals surface area contributed by atoms with Gasteiger partial charge in [0.25, 0.3) is 0 Å². The van der Waals surface area contributed by atoms with Gasteiger partial charge in [0, 0.05) is 0 Å². The third kappa shape index (κ3) is 3.85. The SMILES string of the molecule is CCOC(=O)c1ccc(-c2ccc(C)cc2)cc1-c1ccc(CC)cc1. The Morgan fingerprint density at radius 2 is 1.42 bits per heavy atom. The van der Waals surface area contributed by atoms with E-state index in [-0.39, 0.29) is 5.97 Å². The first-order chi connectivity index (χ1) is 12.6. The van der Waals surface area contributed by atoms with E-state index in [1.807, 2.05) is 19.1 Å². The number of carbonyl (C=O) groups excluding carboxylic acids is 1. The summed E-state index contributed by atoms with van der Waals surface area (Å²) in [4.78, 5) is 12.4. The van der Waals surface area contributed by atoms with Crippen LogP contribution in [0.1, 0.15) is 35.3 Å². The van der Waals surface area contributed by atoms with Crippen LogP contribution in [0.4, 0.5) is 0 Å². The van der Waals surface area contributed by atoms with Crippen molar-refractivity contribution in [3.05, 3.63) is 83.4 Å². The first kappa shape index (κ1) is 17.9. The molecule has 3 aromatic rings. The Kier molecular flexibility index (Phi) is 5.52. The summed E-state index contributed by atoms with van der Waals surface area (Å²) in [6, 6.07) is 22.7. The maximum atomic E-state index is 12.4. The average Bonchev–Trinajstić information content (AvgIpc) is 2.68. The van der Waals surface area contributed by atoms with Crippen LogP contribution >= 0.6 is 0 Å². The Balaban J connectivity index is 2.10. The van der Waals surface area contributed by atoms with Gasteiger partial charge in [0.05, 0.1) is 12.2 Å². The van der Waals surface area contributed by atoms with Crippen LogP contribution in [0.2, 0.25) is 0 Å². The van der Waals surface area contributed by atoms with Crippen LogP contribution in [0.25, 0.3) is 22.3 Å². The quantitative estimate of drug-likeness (QED) is 0.525. The fourth-order valence-corrected chi connectivity index (χ4v) is 3.02. The molecule has 0 aliphatic heterocycles. The summed E-state index contributed by atoms with van der Waals surface area (Å²) in [5.41, 5.74) is 7.27. The summed E-state index contributed by atoms with van der Waals surface area (Å²) in [5.74, 6) is -0.280. The van der Waals surface area contributed by atoms with Crippen LogP contribution in [0.5, 0.6) is 0 Å². The summed E-state index contributed by atoms with van der Waals surface area (Å²) >= 11 is 0. The molecule has 2 heteroatoms. The molecule has 3 aromatic carbocycles. The van der Waals surface area contributed by atoms with E-state index < -0.39 is 0 Å². The van der Waals surface area contributed by atoms with E-state index in [9.17, 15) is 4.79 Å². The van der Waals surface area contributed by atoms with E-state index in [2.05, 4.69) is 68.4 Å². The number of hydrogen-bond donors (Lipinski definition) is 0. The highest BCUT2D eigenvalue weighted by Crippen LogP contribution is 2.31. The van der Waals surface area contributed by atoms with Gasteiger partial charge in [-0.05, 0) is 60.2 Å². The second kappa shape index (κ2) is 8.01. The summed E-state index contributed by atoms with van der Waals surface area (Å²) in [6.45, 7) is 6.41. The van der Waals surface area contributed by atoms with E-state index in [4.69, 9.17) is 4.74 Å². The molecule has 0 unspecified atom stereocenters. The third-order valence-electron chi connectivity index (χ3n) is 4.57. The van der Waals surface area contributed by atoms with Crippen LogP contribution in [0.15, 0.2) is 66.7 Å². The van der Waals surface area contributed by atoms with Gasteiger partial charge in [-0.3, -0.25) is 0 Å². The predicted octanol–water partition coefficient (Wildman–Crippen LogP) is 6.07. The zero-order valence-corrected chi connectivity index (χ0v) is 15.6. The van der Waals surface area contributed by atoms with Gasteiger partial charge in [0.15, 0.2) is 0 Å².